The number of H-pyrrole nitrogens is 1. The Bertz CT molecular complexity index is 2010. The number of guanidine groups is 1. The maximum atomic E-state index is 13.4. The van der Waals surface area contributed by atoms with Gasteiger partial charge in [0.15, 0.2) is 5.96 Å². The summed E-state index contributed by atoms with van der Waals surface area (Å²) in [6.07, 6.45) is 6.85. The largest absolute Gasteiger partial charge is 0.370 e. The van der Waals surface area contributed by atoms with Crippen LogP contribution in [-0.4, -0.2) is 72.0 Å². The molecule has 0 spiro atoms. The molecule has 2 aromatic carbocycles. The van der Waals surface area contributed by atoms with E-state index in [1.807, 2.05) is 53.0 Å². The summed E-state index contributed by atoms with van der Waals surface area (Å²) in [7, 11) is -3.43. The number of nitrogens with two attached hydrogens (primary N) is 2. The van der Waals surface area contributed by atoms with Crippen LogP contribution in [0.25, 0.3) is 16.7 Å². The molecule has 3 heterocycles. The second-order valence-electron chi connectivity index (χ2n) is 16.4. The second-order valence-corrected chi connectivity index (χ2v) is 18.3. The van der Waals surface area contributed by atoms with E-state index in [1.165, 1.54) is 12.8 Å². The van der Waals surface area contributed by atoms with Gasteiger partial charge in [-0.2, -0.15) is 9.29 Å². The number of piperidine rings is 1. The molecular weight excluding hydrogens is 687 g/mol. The minimum Gasteiger partial charge on any atom is -0.370 e. The molecule has 2 aliphatic rings. The molecule has 1 aliphatic heterocycles. The van der Waals surface area contributed by atoms with Crippen molar-refractivity contribution in [2.45, 2.75) is 102 Å². The zero-order chi connectivity index (χ0) is 38.4. The first-order valence-electron chi connectivity index (χ1n) is 18.8. The van der Waals surface area contributed by atoms with Crippen LogP contribution in [0.15, 0.2) is 75.5 Å². The number of nitrogens with one attached hydrogen (secondary N) is 3. The van der Waals surface area contributed by atoms with Gasteiger partial charge in [-0.15, -0.1) is 0 Å². The lowest BCUT2D eigenvalue weighted by Gasteiger charge is -2.34. The van der Waals surface area contributed by atoms with Crippen molar-refractivity contribution in [1.82, 2.24) is 29.5 Å². The van der Waals surface area contributed by atoms with Crippen LogP contribution in [0.2, 0.25) is 0 Å². The van der Waals surface area contributed by atoms with Crippen LogP contribution in [0.1, 0.15) is 90.5 Å². The van der Waals surface area contributed by atoms with E-state index in [4.69, 9.17) is 11.5 Å². The third-order valence-electron chi connectivity index (χ3n) is 9.82. The Morgan fingerprint density at radius 1 is 0.981 bits per heavy atom. The van der Waals surface area contributed by atoms with E-state index in [9.17, 15) is 13.2 Å². The minimum absolute atomic E-state index is 0.0352. The van der Waals surface area contributed by atoms with Gasteiger partial charge in [-0.05, 0) is 105 Å². The number of benzene rings is 2. The van der Waals surface area contributed by atoms with Crippen LogP contribution >= 0.6 is 0 Å². The lowest BCUT2D eigenvalue weighted by molar-refractivity contribution is 0.255. The van der Waals surface area contributed by atoms with Gasteiger partial charge in [0.05, 0.1) is 10.6 Å². The van der Waals surface area contributed by atoms with E-state index >= 15 is 0 Å². The number of fused-ring (bicyclic) bond motifs is 1. The van der Waals surface area contributed by atoms with Crippen LogP contribution in [0.5, 0.6) is 0 Å². The van der Waals surface area contributed by atoms with E-state index in [1.54, 1.807) is 10.6 Å². The third-order valence-corrected chi connectivity index (χ3v) is 11.7. The quantitative estimate of drug-likeness (QED) is 0.0773. The highest BCUT2D eigenvalue weighted by molar-refractivity contribution is 7.89. The van der Waals surface area contributed by atoms with Crippen LogP contribution in [0.4, 0.5) is 0 Å². The summed E-state index contributed by atoms with van der Waals surface area (Å²) in [5, 5.41) is 7.61. The fourth-order valence-electron chi connectivity index (χ4n) is 6.35. The fourth-order valence-corrected chi connectivity index (χ4v) is 8.16. The van der Waals surface area contributed by atoms with Gasteiger partial charge in [0.1, 0.15) is 5.65 Å². The number of aromatic amines is 1. The first-order valence-corrected chi connectivity index (χ1v) is 20.3. The Kier molecular flexibility index (Phi) is 12.9. The molecule has 1 saturated carbocycles. The molecule has 0 atom stereocenters. The number of rotatable bonds is 12. The monoisotopic (exact) mass is 745 g/mol. The summed E-state index contributed by atoms with van der Waals surface area (Å²) in [4.78, 5) is 24.4. The van der Waals surface area contributed by atoms with Crippen LogP contribution < -0.4 is 27.8 Å². The molecule has 1 saturated heterocycles. The Balaban J connectivity index is 0.000000208. The molecule has 12 nitrogen and oxygen atoms in total. The highest BCUT2D eigenvalue weighted by Crippen LogP contribution is 2.35. The number of sulfonamides is 1. The van der Waals surface area contributed by atoms with Gasteiger partial charge in [0, 0.05) is 48.4 Å². The van der Waals surface area contributed by atoms with Crippen molar-refractivity contribution in [2.75, 3.05) is 32.7 Å². The van der Waals surface area contributed by atoms with Crippen molar-refractivity contribution in [3.63, 3.8) is 0 Å². The first kappa shape index (κ1) is 40.2. The van der Waals surface area contributed by atoms with Gasteiger partial charge in [0.25, 0.3) is 0 Å². The smallest absolute Gasteiger partial charge is 0.354 e. The molecule has 7 N–H and O–H groups in total. The zero-order valence-electron chi connectivity index (χ0n) is 32.3. The van der Waals surface area contributed by atoms with Crippen LogP contribution in [0, 0.1) is 5.92 Å². The Labute approximate surface area is 314 Å². The number of aromatic nitrogens is 3. The van der Waals surface area contributed by atoms with E-state index in [2.05, 4.69) is 73.2 Å². The SMILES string of the molecule is CC(C)(C)c1cc2cn(-c3ccc(CNCCCN=C(N)N)cc3)c(=O)nc2[nH]1.CC(C)(C)c1cccc(S(=O)(=O)N(CC2CC2)C2CCNCC2)c1. The Morgan fingerprint density at radius 3 is 2.30 bits per heavy atom. The molecule has 2 aromatic heterocycles. The lowest BCUT2D eigenvalue weighted by atomic mass is 9.87. The van der Waals surface area contributed by atoms with Gasteiger partial charge in [-0.25, -0.2) is 13.2 Å². The van der Waals surface area contributed by atoms with Crippen molar-refractivity contribution >= 4 is 27.0 Å². The minimum atomic E-state index is -3.43. The number of nitrogens with zero attached hydrogens (tertiary/aromatic N) is 4. The molecule has 0 unspecified atom stereocenters. The van der Waals surface area contributed by atoms with Gasteiger partial charge in [-0.1, -0.05) is 65.8 Å². The molecule has 53 heavy (non-hydrogen) atoms. The van der Waals surface area contributed by atoms with Crippen molar-refractivity contribution in [2.24, 2.45) is 22.4 Å². The van der Waals surface area contributed by atoms with Crippen molar-refractivity contribution < 1.29 is 8.42 Å². The summed E-state index contributed by atoms with van der Waals surface area (Å²) in [6, 6.07) is 17.6. The summed E-state index contributed by atoms with van der Waals surface area (Å²) in [6.45, 7) is 17.4. The van der Waals surface area contributed by atoms with Crippen molar-refractivity contribution in [3.05, 3.63) is 88.1 Å². The molecule has 288 valence electrons. The average molecular weight is 746 g/mol. The van der Waals surface area contributed by atoms with Gasteiger partial charge < -0.3 is 27.1 Å². The zero-order valence-corrected chi connectivity index (χ0v) is 33.1. The number of aliphatic imine (C=N–C) groups is 1. The maximum Gasteiger partial charge on any atom is 0.354 e. The first-order chi connectivity index (χ1) is 25.0. The maximum absolute atomic E-state index is 13.4. The van der Waals surface area contributed by atoms with Crippen molar-refractivity contribution in [1.29, 1.82) is 0 Å². The molecule has 13 heteroatoms. The van der Waals surface area contributed by atoms with E-state index < -0.39 is 10.0 Å². The second kappa shape index (κ2) is 17.0. The van der Waals surface area contributed by atoms with Gasteiger partial charge in [0.2, 0.25) is 10.0 Å². The third kappa shape index (κ3) is 11.0. The van der Waals surface area contributed by atoms with Gasteiger partial charge >= 0.3 is 5.69 Å². The highest BCUT2D eigenvalue weighted by atomic mass is 32.2. The number of hydrogen-bond acceptors (Lipinski definition) is 7. The molecule has 2 fully saturated rings. The van der Waals surface area contributed by atoms with Crippen LogP contribution in [-0.2, 0) is 27.4 Å². The number of hydrogen-bond donors (Lipinski definition) is 5. The molecular formula is C40H59N9O3S. The normalized spacial score (nSPS) is 15.7. The average Bonchev–Trinajstić information content (AvgIpc) is 3.84. The van der Waals surface area contributed by atoms with E-state index in [0.29, 0.717) is 29.6 Å². The van der Waals surface area contributed by atoms with Crippen LogP contribution in [0.3, 0.4) is 0 Å². The molecule has 6 rings (SSSR count). The fraction of sp³-hybridized carbons (Fsp3) is 0.525. The Morgan fingerprint density at radius 2 is 1.68 bits per heavy atom. The van der Waals surface area contributed by atoms with Gasteiger partial charge in [-0.3, -0.25) is 9.56 Å². The van der Waals surface area contributed by atoms with Crippen molar-refractivity contribution in [3.8, 4) is 5.69 Å². The van der Waals surface area contributed by atoms with E-state index in [-0.39, 0.29) is 28.5 Å². The topological polar surface area (TPSA) is 177 Å². The molecule has 0 amide bonds. The molecule has 4 aromatic rings. The summed E-state index contributed by atoms with van der Waals surface area (Å²) in [5.74, 6) is 0.679. The molecule has 1 aliphatic carbocycles. The summed E-state index contributed by atoms with van der Waals surface area (Å²) in [5.41, 5.74) is 14.9. The predicted molar refractivity (Wildman–Crippen MR) is 215 cm³/mol. The summed E-state index contributed by atoms with van der Waals surface area (Å²) >= 11 is 0. The summed E-state index contributed by atoms with van der Waals surface area (Å²) < 4.78 is 30.2. The molecule has 0 radical (unpaired) electrons. The van der Waals surface area contributed by atoms with E-state index in [0.717, 1.165) is 73.3 Å². The standard InChI is InChI=1S/C21H29N7O.C19H30N2O2S/c1-21(2,3)17-11-15-13-28(20(29)27-18(15)26-17)16-7-5-14(6-8-16)12-24-9-4-10-25-19(22)23;1-19(2,3)16-5-4-6-18(13-16)24(22,23)21(14-15-7-8-15)17-9-11-20-12-10-17/h5-8,11,13,24H,4,9-10,12H2,1-3H3,(H4,22,23,25)(H,26,27,29);4-6,13,15,17,20H,7-12,14H2,1-3H3. The predicted octanol–water partition coefficient (Wildman–Crippen LogP) is 4.90. The Hall–Kier alpha value is -4.04. The molecule has 0 bridgehead atoms. The highest BCUT2D eigenvalue weighted by Gasteiger charge is 2.37. The lowest BCUT2D eigenvalue weighted by Crippen LogP contribution is -2.47.